The van der Waals surface area contributed by atoms with E-state index in [-0.39, 0.29) is 0 Å². The molecule has 0 aliphatic heterocycles. The molecular weight excluding hydrogens is 156 g/mol. The van der Waals surface area contributed by atoms with Crippen LogP contribution < -0.4 is 0 Å². The van der Waals surface area contributed by atoms with Crippen molar-refractivity contribution in [3.05, 3.63) is 23.3 Å². The minimum absolute atomic E-state index is 0.815. The number of rotatable bonds is 1. The van der Waals surface area contributed by atoms with E-state index in [1.165, 1.54) is 32.1 Å². The molecule has 0 N–H and O–H groups in total. The number of hydrogen-bond acceptors (Lipinski definition) is 0. The maximum absolute atomic E-state index is 2.52. The van der Waals surface area contributed by atoms with Crippen LogP contribution in [0.25, 0.3) is 0 Å². The fourth-order valence-corrected chi connectivity index (χ4v) is 2.82. The molecule has 2 aliphatic carbocycles. The highest BCUT2D eigenvalue weighted by Crippen LogP contribution is 2.39. The Kier molecular flexibility index (Phi) is 2.57. The first-order valence-corrected chi connectivity index (χ1v) is 5.65. The maximum Gasteiger partial charge on any atom is 0.000975 e. The predicted molar refractivity (Wildman–Crippen MR) is 57.6 cm³/mol. The molecule has 0 heterocycles. The van der Waals surface area contributed by atoms with E-state index in [4.69, 9.17) is 0 Å². The molecule has 0 aromatic heterocycles. The van der Waals surface area contributed by atoms with Crippen LogP contribution >= 0.6 is 0 Å². The Morgan fingerprint density at radius 1 is 1.15 bits per heavy atom. The summed E-state index contributed by atoms with van der Waals surface area (Å²) in [5, 5.41) is 0. The minimum Gasteiger partial charge on any atom is -0.0850 e. The normalized spacial score (nSPS) is 34.3. The molecule has 0 saturated carbocycles. The SMILES string of the molecule is CC1=CCCC1C1=CCCCC1C. The first kappa shape index (κ1) is 9.05. The van der Waals surface area contributed by atoms with E-state index < -0.39 is 0 Å². The van der Waals surface area contributed by atoms with Crippen LogP contribution in [0.2, 0.25) is 0 Å². The van der Waals surface area contributed by atoms with Crippen molar-refractivity contribution in [2.75, 3.05) is 0 Å². The third-order valence-corrected chi connectivity index (χ3v) is 3.66. The second-order valence-corrected chi connectivity index (χ2v) is 4.61. The molecule has 0 radical (unpaired) electrons. The average Bonchev–Trinajstić information content (AvgIpc) is 2.52. The van der Waals surface area contributed by atoms with Crippen molar-refractivity contribution < 1.29 is 0 Å². The van der Waals surface area contributed by atoms with Crippen LogP contribution in [0.1, 0.15) is 46.0 Å². The third kappa shape index (κ3) is 1.72. The van der Waals surface area contributed by atoms with Crippen molar-refractivity contribution in [3.63, 3.8) is 0 Å². The molecule has 0 amide bonds. The minimum atomic E-state index is 0.815. The Bertz CT molecular complexity index is 245. The molecule has 0 spiro atoms. The van der Waals surface area contributed by atoms with E-state index in [2.05, 4.69) is 26.0 Å². The van der Waals surface area contributed by atoms with Gasteiger partial charge in [-0.05, 0) is 44.9 Å². The van der Waals surface area contributed by atoms with Crippen LogP contribution in [0.3, 0.4) is 0 Å². The van der Waals surface area contributed by atoms with E-state index in [0.717, 1.165) is 11.8 Å². The molecule has 0 aromatic rings. The smallest absolute Gasteiger partial charge is 0.000975 e. The monoisotopic (exact) mass is 176 g/mol. The van der Waals surface area contributed by atoms with Gasteiger partial charge in [-0.2, -0.15) is 0 Å². The third-order valence-electron chi connectivity index (χ3n) is 3.66. The molecule has 2 atom stereocenters. The lowest BCUT2D eigenvalue weighted by Gasteiger charge is -2.26. The summed E-state index contributed by atoms with van der Waals surface area (Å²) in [4.78, 5) is 0. The van der Waals surface area contributed by atoms with Crippen LogP contribution in [0.15, 0.2) is 23.3 Å². The van der Waals surface area contributed by atoms with Crippen molar-refractivity contribution in [1.29, 1.82) is 0 Å². The van der Waals surface area contributed by atoms with Gasteiger partial charge >= 0.3 is 0 Å². The lowest BCUT2D eigenvalue weighted by Crippen LogP contribution is -2.13. The van der Waals surface area contributed by atoms with Crippen LogP contribution in [0.5, 0.6) is 0 Å². The summed E-state index contributed by atoms with van der Waals surface area (Å²) >= 11 is 0. The first-order valence-electron chi connectivity index (χ1n) is 5.65. The fraction of sp³-hybridized carbons (Fsp3) is 0.692. The van der Waals surface area contributed by atoms with Crippen LogP contribution in [0.4, 0.5) is 0 Å². The quantitative estimate of drug-likeness (QED) is 0.528. The first-order chi connectivity index (χ1) is 6.29. The summed E-state index contributed by atoms with van der Waals surface area (Å²) in [6.07, 6.45) is 11.8. The van der Waals surface area contributed by atoms with E-state index in [0.29, 0.717) is 0 Å². The highest BCUT2D eigenvalue weighted by Gasteiger charge is 2.24. The van der Waals surface area contributed by atoms with Gasteiger partial charge in [0.25, 0.3) is 0 Å². The molecule has 2 rings (SSSR count). The van der Waals surface area contributed by atoms with Crippen LogP contribution in [-0.2, 0) is 0 Å². The zero-order valence-electron chi connectivity index (χ0n) is 8.84. The van der Waals surface area contributed by atoms with Gasteiger partial charge in [-0.3, -0.25) is 0 Å². The number of allylic oxidation sites excluding steroid dienone is 4. The van der Waals surface area contributed by atoms with E-state index in [1.807, 2.05) is 0 Å². The standard InChI is InChI=1S/C13H20/c1-10-6-3-4-8-12(10)13-9-5-7-11(13)2/h7-8,10,13H,3-6,9H2,1-2H3. The van der Waals surface area contributed by atoms with Gasteiger partial charge in [-0.15, -0.1) is 0 Å². The van der Waals surface area contributed by atoms with E-state index >= 15 is 0 Å². The van der Waals surface area contributed by atoms with Crippen molar-refractivity contribution in [1.82, 2.24) is 0 Å². The summed E-state index contributed by atoms with van der Waals surface area (Å²) in [5.74, 6) is 1.66. The Hall–Kier alpha value is -0.520. The molecule has 0 aromatic carbocycles. The second kappa shape index (κ2) is 3.69. The van der Waals surface area contributed by atoms with Gasteiger partial charge in [0.05, 0.1) is 0 Å². The van der Waals surface area contributed by atoms with Crippen LogP contribution in [0, 0.1) is 11.8 Å². The van der Waals surface area contributed by atoms with Gasteiger partial charge in [0.15, 0.2) is 0 Å². The fourth-order valence-electron chi connectivity index (χ4n) is 2.82. The van der Waals surface area contributed by atoms with Crippen molar-refractivity contribution in [2.24, 2.45) is 11.8 Å². The average molecular weight is 176 g/mol. The van der Waals surface area contributed by atoms with Crippen molar-refractivity contribution in [3.8, 4) is 0 Å². The summed E-state index contributed by atoms with van der Waals surface area (Å²) in [6.45, 7) is 4.70. The largest absolute Gasteiger partial charge is 0.0850 e. The number of hydrogen-bond donors (Lipinski definition) is 0. The lowest BCUT2D eigenvalue weighted by molar-refractivity contribution is 0.489. The predicted octanol–water partition coefficient (Wildman–Crippen LogP) is 4.09. The molecule has 0 fully saturated rings. The van der Waals surface area contributed by atoms with Gasteiger partial charge in [0.2, 0.25) is 0 Å². The molecule has 2 unspecified atom stereocenters. The van der Waals surface area contributed by atoms with Gasteiger partial charge in [0.1, 0.15) is 0 Å². The zero-order valence-corrected chi connectivity index (χ0v) is 8.84. The van der Waals surface area contributed by atoms with Gasteiger partial charge in [0, 0.05) is 5.92 Å². The van der Waals surface area contributed by atoms with Crippen LogP contribution in [-0.4, -0.2) is 0 Å². The summed E-state index contributed by atoms with van der Waals surface area (Å²) in [6, 6.07) is 0. The Morgan fingerprint density at radius 3 is 2.62 bits per heavy atom. The Labute approximate surface area is 81.7 Å². The van der Waals surface area contributed by atoms with Gasteiger partial charge < -0.3 is 0 Å². The van der Waals surface area contributed by atoms with Crippen molar-refractivity contribution >= 4 is 0 Å². The topological polar surface area (TPSA) is 0 Å². The van der Waals surface area contributed by atoms with E-state index in [9.17, 15) is 0 Å². The summed E-state index contributed by atoms with van der Waals surface area (Å²) in [7, 11) is 0. The zero-order chi connectivity index (χ0) is 9.26. The van der Waals surface area contributed by atoms with Crippen molar-refractivity contribution in [2.45, 2.75) is 46.0 Å². The molecule has 0 nitrogen and oxygen atoms in total. The summed E-state index contributed by atoms with van der Waals surface area (Å²) < 4.78 is 0. The molecular formula is C13H20. The van der Waals surface area contributed by atoms with Gasteiger partial charge in [-0.1, -0.05) is 30.2 Å². The lowest BCUT2D eigenvalue weighted by atomic mass is 9.79. The molecule has 13 heavy (non-hydrogen) atoms. The molecule has 2 aliphatic rings. The second-order valence-electron chi connectivity index (χ2n) is 4.61. The van der Waals surface area contributed by atoms with Gasteiger partial charge in [-0.25, -0.2) is 0 Å². The molecule has 0 bridgehead atoms. The van der Waals surface area contributed by atoms with E-state index in [1.54, 1.807) is 11.1 Å². The molecule has 72 valence electrons. The Morgan fingerprint density at radius 2 is 2.00 bits per heavy atom. The molecule has 0 heteroatoms. The Balaban J connectivity index is 2.15. The summed E-state index contributed by atoms with van der Waals surface area (Å²) in [5.41, 5.74) is 3.37. The highest BCUT2D eigenvalue weighted by atomic mass is 14.3. The maximum atomic E-state index is 2.52. The molecule has 0 saturated heterocycles. The highest BCUT2D eigenvalue weighted by molar-refractivity contribution is 5.26.